The molecule has 0 aromatic carbocycles. The smallest absolute Gasteiger partial charge is 0.332 e. The number of aromatic nitrogens is 3. The van der Waals surface area contributed by atoms with Gasteiger partial charge in [-0.3, -0.25) is 23.6 Å². The SMILES string of the molecule is Cn1c(=O)c2ccc([C@@H]3CCN(C(=O)CN4CCOCC4)C3)nc2n(C)c1=O. The first-order valence-corrected chi connectivity index (χ1v) is 9.60. The molecule has 4 rings (SSSR count). The maximum Gasteiger partial charge on any atom is 0.332 e. The molecule has 0 radical (unpaired) electrons. The van der Waals surface area contributed by atoms with E-state index in [-0.39, 0.29) is 17.4 Å². The molecule has 2 saturated heterocycles. The van der Waals surface area contributed by atoms with Crippen molar-refractivity contribution in [1.82, 2.24) is 23.9 Å². The molecule has 0 N–H and O–H groups in total. The summed E-state index contributed by atoms with van der Waals surface area (Å²) in [5.41, 5.74) is 0.475. The van der Waals surface area contributed by atoms with Gasteiger partial charge in [0.25, 0.3) is 5.56 Å². The standard InChI is InChI=1S/C19H25N5O4/c1-21-17-14(18(26)22(2)19(21)27)3-4-15(20-17)13-5-6-24(11-13)16(25)12-23-7-9-28-10-8-23/h3-4,13H,5-12H2,1-2H3/t13-/m1/s1. The molecule has 0 aliphatic carbocycles. The number of nitrogens with zero attached hydrogens (tertiary/aromatic N) is 5. The lowest BCUT2D eigenvalue weighted by Gasteiger charge is -2.28. The van der Waals surface area contributed by atoms with Gasteiger partial charge in [-0.25, -0.2) is 9.78 Å². The summed E-state index contributed by atoms with van der Waals surface area (Å²) >= 11 is 0. The maximum absolute atomic E-state index is 12.6. The second-order valence-corrected chi connectivity index (χ2v) is 7.53. The second kappa shape index (κ2) is 7.48. The number of amides is 1. The van der Waals surface area contributed by atoms with E-state index in [4.69, 9.17) is 4.74 Å². The molecule has 28 heavy (non-hydrogen) atoms. The minimum atomic E-state index is -0.393. The highest BCUT2D eigenvalue weighted by Crippen LogP contribution is 2.26. The van der Waals surface area contributed by atoms with Crippen LogP contribution >= 0.6 is 0 Å². The Hall–Kier alpha value is -2.52. The number of carbonyl (C=O) groups is 1. The van der Waals surface area contributed by atoms with Crippen molar-refractivity contribution in [3.8, 4) is 0 Å². The lowest BCUT2D eigenvalue weighted by atomic mass is 10.0. The Labute approximate surface area is 162 Å². The van der Waals surface area contributed by atoms with Gasteiger partial charge in [0, 0.05) is 51.9 Å². The van der Waals surface area contributed by atoms with E-state index in [1.165, 1.54) is 11.6 Å². The molecule has 9 nitrogen and oxygen atoms in total. The van der Waals surface area contributed by atoms with Crippen molar-refractivity contribution in [1.29, 1.82) is 0 Å². The highest BCUT2D eigenvalue weighted by Gasteiger charge is 2.29. The Morgan fingerprint density at radius 1 is 1.14 bits per heavy atom. The fourth-order valence-electron chi connectivity index (χ4n) is 3.97. The Morgan fingerprint density at radius 3 is 2.64 bits per heavy atom. The topological polar surface area (TPSA) is 89.7 Å². The van der Waals surface area contributed by atoms with Gasteiger partial charge in [0.05, 0.1) is 25.1 Å². The molecule has 4 heterocycles. The number of carbonyl (C=O) groups excluding carboxylic acids is 1. The summed E-state index contributed by atoms with van der Waals surface area (Å²) in [4.78, 5) is 45.7. The van der Waals surface area contributed by atoms with E-state index in [0.29, 0.717) is 43.9 Å². The van der Waals surface area contributed by atoms with Crippen molar-refractivity contribution in [3.05, 3.63) is 38.7 Å². The minimum absolute atomic E-state index is 0.109. The van der Waals surface area contributed by atoms with Gasteiger partial charge in [-0.2, -0.15) is 0 Å². The number of rotatable bonds is 3. The van der Waals surface area contributed by atoms with Crippen molar-refractivity contribution >= 4 is 16.9 Å². The summed E-state index contributed by atoms with van der Waals surface area (Å²) in [6.07, 6.45) is 0.826. The van der Waals surface area contributed by atoms with E-state index in [1.807, 2.05) is 11.0 Å². The Morgan fingerprint density at radius 2 is 1.89 bits per heavy atom. The van der Waals surface area contributed by atoms with Crippen LogP contribution in [-0.2, 0) is 23.6 Å². The highest BCUT2D eigenvalue weighted by atomic mass is 16.5. The van der Waals surface area contributed by atoms with E-state index in [2.05, 4.69) is 9.88 Å². The number of ether oxygens (including phenoxy) is 1. The first-order chi connectivity index (χ1) is 13.5. The van der Waals surface area contributed by atoms with Gasteiger partial charge in [-0.1, -0.05) is 0 Å². The molecule has 0 saturated carbocycles. The number of hydrogen-bond acceptors (Lipinski definition) is 6. The molecule has 2 aliphatic heterocycles. The van der Waals surface area contributed by atoms with Crippen molar-refractivity contribution < 1.29 is 9.53 Å². The molecule has 0 spiro atoms. The Kier molecular flexibility index (Phi) is 5.03. The third-order valence-corrected chi connectivity index (χ3v) is 5.75. The quantitative estimate of drug-likeness (QED) is 0.691. The third-order valence-electron chi connectivity index (χ3n) is 5.75. The number of hydrogen-bond donors (Lipinski definition) is 0. The third kappa shape index (κ3) is 3.35. The van der Waals surface area contributed by atoms with Crippen LogP contribution < -0.4 is 11.2 Å². The van der Waals surface area contributed by atoms with Crippen LogP contribution in [0.4, 0.5) is 0 Å². The molecule has 1 atom stereocenters. The largest absolute Gasteiger partial charge is 0.379 e. The lowest BCUT2D eigenvalue weighted by Crippen LogP contribution is -2.44. The number of pyridine rings is 1. The van der Waals surface area contributed by atoms with Gasteiger partial charge in [-0.05, 0) is 18.6 Å². The number of fused-ring (bicyclic) bond motifs is 1. The molecule has 9 heteroatoms. The summed E-state index contributed by atoms with van der Waals surface area (Å²) in [5.74, 6) is 0.239. The number of likely N-dealkylation sites (tertiary alicyclic amines) is 1. The lowest BCUT2D eigenvalue weighted by molar-refractivity contribution is -0.132. The van der Waals surface area contributed by atoms with Crippen LogP contribution in [0.15, 0.2) is 21.7 Å². The van der Waals surface area contributed by atoms with Crippen molar-refractivity contribution in [2.45, 2.75) is 12.3 Å². The molecule has 2 aromatic heterocycles. The minimum Gasteiger partial charge on any atom is -0.379 e. The van der Waals surface area contributed by atoms with E-state index < -0.39 is 5.69 Å². The molecule has 2 fully saturated rings. The molecule has 150 valence electrons. The van der Waals surface area contributed by atoms with Gasteiger partial charge in [0.2, 0.25) is 5.91 Å². The second-order valence-electron chi connectivity index (χ2n) is 7.53. The van der Waals surface area contributed by atoms with Crippen LogP contribution in [0.25, 0.3) is 11.0 Å². The fraction of sp³-hybridized carbons (Fsp3) is 0.579. The van der Waals surface area contributed by atoms with Crippen LogP contribution in [-0.4, -0.2) is 75.8 Å². The van der Waals surface area contributed by atoms with Gasteiger partial charge in [0.1, 0.15) is 5.65 Å². The number of morpholine rings is 1. The van der Waals surface area contributed by atoms with Crippen LogP contribution in [0, 0.1) is 0 Å². The van der Waals surface area contributed by atoms with E-state index in [0.717, 1.165) is 29.8 Å². The maximum atomic E-state index is 12.6. The number of aryl methyl sites for hydroxylation is 1. The molecular weight excluding hydrogens is 362 g/mol. The zero-order valence-electron chi connectivity index (χ0n) is 16.3. The molecular formula is C19H25N5O4. The zero-order chi connectivity index (χ0) is 19.8. The molecule has 2 aliphatic rings. The first kappa shape index (κ1) is 18.8. The summed E-state index contributed by atoms with van der Waals surface area (Å²) in [5, 5.41) is 0.423. The fourth-order valence-corrected chi connectivity index (χ4v) is 3.97. The predicted molar refractivity (Wildman–Crippen MR) is 103 cm³/mol. The first-order valence-electron chi connectivity index (χ1n) is 9.60. The summed E-state index contributed by atoms with van der Waals surface area (Å²) in [7, 11) is 3.08. The average Bonchev–Trinajstić information content (AvgIpc) is 3.21. The Bertz CT molecular complexity index is 1020. The van der Waals surface area contributed by atoms with Crippen molar-refractivity contribution in [2.24, 2.45) is 14.1 Å². The van der Waals surface area contributed by atoms with Gasteiger partial charge < -0.3 is 9.64 Å². The van der Waals surface area contributed by atoms with Gasteiger partial charge in [-0.15, -0.1) is 0 Å². The zero-order valence-corrected chi connectivity index (χ0v) is 16.3. The molecule has 2 aromatic rings. The predicted octanol–water partition coefficient (Wildman–Crippen LogP) is -0.720. The highest BCUT2D eigenvalue weighted by molar-refractivity contribution is 5.79. The molecule has 1 amide bonds. The van der Waals surface area contributed by atoms with Crippen LogP contribution in [0.2, 0.25) is 0 Å². The summed E-state index contributed by atoms with van der Waals surface area (Å²) < 4.78 is 7.82. The monoisotopic (exact) mass is 387 g/mol. The summed E-state index contributed by atoms with van der Waals surface area (Å²) in [6, 6.07) is 3.58. The van der Waals surface area contributed by atoms with E-state index >= 15 is 0 Å². The normalized spacial score (nSPS) is 20.8. The van der Waals surface area contributed by atoms with Gasteiger partial charge >= 0.3 is 5.69 Å². The average molecular weight is 387 g/mol. The molecule has 0 unspecified atom stereocenters. The van der Waals surface area contributed by atoms with E-state index in [1.54, 1.807) is 13.1 Å². The van der Waals surface area contributed by atoms with Gasteiger partial charge in [0.15, 0.2) is 0 Å². The van der Waals surface area contributed by atoms with Crippen LogP contribution in [0.1, 0.15) is 18.0 Å². The Balaban J connectivity index is 1.52. The van der Waals surface area contributed by atoms with E-state index in [9.17, 15) is 14.4 Å². The van der Waals surface area contributed by atoms with Crippen molar-refractivity contribution in [2.75, 3.05) is 45.9 Å². The van der Waals surface area contributed by atoms with Crippen LogP contribution in [0.3, 0.4) is 0 Å². The van der Waals surface area contributed by atoms with Crippen LogP contribution in [0.5, 0.6) is 0 Å². The molecule has 0 bridgehead atoms. The summed E-state index contributed by atoms with van der Waals surface area (Å²) in [6.45, 7) is 4.66. The van der Waals surface area contributed by atoms with Crippen molar-refractivity contribution in [3.63, 3.8) is 0 Å².